The van der Waals surface area contributed by atoms with Crippen LogP contribution in [0.2, 0.25) is 5.02 Å². The van der Waals surface area contributed by atoms with Gasteiger partial charge in [-0.15, -0.1) is 0 Å². The maximum atomic E-state index is 11.6. The molecule has 2 amide bonds. The van der Waals surface area contributed by atoms with E-state index in [0.29, 0.717) is 31.3 Å². The summed E-state index contributed by atoms with van der Waals surface area (Å²) < 4.78 is 5.68. The molecule has 0 bridgehead atoms. The van der Waals surface area contributed by atoms with Gasteiger partial charge in [-0.1, -0.05) is 23.7 Å². The Labute approximate surface area is 157 Å². The molecule has 2 saturated heterocycles. The van der Waals surface area contributed by atoms with Crippen molar-refractivity contribution in [2.24, 2.45) is 5.73 Å². The molecular weight excluding hydrogens is 358 g/mol. The normalized spacial score (nSPS) is 25.2. The van der Waals surface area contributed by atoms with Gasteiger partial charge in [0, 0.05) is 36.7 Å². The van der Waals surface area contributed by atoms with E-state index in [1.807, 2.05) is 24.3 Å². The molecule has 0 aromatic heterocycles. The number of rotatable bonds is 4. The number of benzene rings is 1. The Hall–Kier alpha value is -1.83. The fourth-order valence-electron chi connectivity index (χ4n) is 3.79. The Morgan fingerprint density at radius 2 is 1.88 bits per heavy atom. The van der Waals surface area contributed by atoms with Gasteiger partial charge in [-0.05, 0) is 37.0 Å². The topological polar surface area (TPSA) is 96.1 Å². The second-order valence-electron chi connectivity index (χ2n) is 6.91. The number of likely N-dealkylation sites (tertiary alicyclic amines) is 1. The average Bonchev–Trinajstić information content (AvgIpc) is 2.64. The third kappa shape index (κ3) is 4.47. The molecule has 2 aliphatic rings. The number of nitrogens with two attached hydrogens (primary N) is 1. The first kappa shape index (κ1) is 18.9. The Morgan fingerprint density at radius 1 is 1.23 bits per heavy atom. The maximum absolute atomic E-state index is 11.6. The van der Waals surface area contributed by atoms with Crippen molar-refractivity contribution in [3.05, 3.63) is 34.9 Å². The van der Waals surface area contributed by atoms with Gasteiger partial charge >= 0.3 is 6.09 Å². The first-order valence-corrected chi connectivity index (χ1v) is 9.21. The summed E-state index contributed by atoms with van der Waals surface area (Å²) in [6.45, 7) is 1.89. The Kier molecular flexibility index (Phi) is 6.01. The van der Waals surface area contributed by atoms with Gasteiger partial charge in [-0.2, -0.15) is 0 Å². The molecule has 1 aromatic carbocycles. The lowest BCUT2D eigenvalue weighted by Gasteiger charge is -2.45. The number of amides is 2. The van der Waals surface area contributed by atoms with E-state index in [0.717, 1.165) is 24.8 Å². The van der Waals surface area contributed by atoms with E-state index >= 15 is 0 Å². The molecule has 1 aromatic rings. The van der Waals surface area contributed by atoms with Crippen LogP contribution in [-0.4, -0.2) is 71.3 Å². The second kappa shape index (κ2) is 8.24. The molecule has 0 spiro atoms. The lowest BCUT2D eigenvalue weighted by atomic mass is 9.96. The molecule has 2 aliphatic heterocycles. The molecule has 0 aliphatic carbocycles. The van der Waals surface area contributed by atoms with Crippen molar-refractivity contribution in [3.63, 3.8) is 0 Å². The lowest BCUT2D eigenvalue weighted by Crippen LogP contribution is -2.59. The molecule has 0 radical (unpaired) electrons. The molecule has 2 heterocycles. The number of primary amides is 1. The van der Waals surface area contributed by atoms with Crippen molar-refractivity contribution in [1.82, 2.24) is 9.80 Å². The summed E-state index contributed by atoms with van der Waals surface area (Å²) >= 11 is 5.96. The summed E-state index contributed by atoms with van der Waals surface area (Å²) in [4.78, 5) is 26.5. The number of carbonyl (C=O) groups is 2. The van der Waals surface area contributed by atoms with Gasteiger partial charge in [0.1, 0.15) is 6.10 Å². The second-order valence-corrected chi connectivity index (χ2v) is 7.34. The molecule has 26 heavy (non-hydrogen) atoms. The highest BCUT2D eigenvalue weighted by atomic mass is 35.5. The number of halogens is 1. The zero-order chi connectivity index (χ0) is 18.7. The number of ether oxygens (including phenoxy) is 1. The smallest absolute Gasteiger partial charge is 0.407 e. The Morgan fingerprint density at radius 3 is 2.46 bits per heavy atom. The summed E-state index contributed by atoms with van der Waals surface area (Å²) in [6.07, 6.45) is 0.776. The zero-order valence-electron chi connectivity index (χ0n) is 14.5. The van der Waals surface area contributed by atoms with Crippen LogP contribution in [0.4, 0.5) is 4.79 Å². The standard InChI is InChI=1S/C18H24ClN3O4/c19-13-3-1-12(2-4-13)9-15-11-26-16(17(20)23)10-22(15)14-5-7-21(8-6-14)18(24)25/h1-4,14-16H,5-11H2,(H2,20,23)(H,24,25)/t15-,16-/m0/s1. The monoisotopic (exact) mass is 381 g/mol. The number of carbonyl (C=O) groups excluding carboxylic acids is 1. The van der Waals surface area contributed by atoms with E-state index in [9.17, 15) is 9.59 Å². The molecule has 7 nitrogen and oxygen atoms in total. The number of hydrogen-bond donors (Lipinski definition) is 2. The van der Waals surface area contributed by atoms with Crippen molar-refractivity contribution < 1.29 is 19.4 Å². The van der Waals surface area contributed by atoms with E-state index < -0.39 is 18.1 Å². The first-order valence-electron chi connectivity index (χ1n) is 8.83. The minimum absolute atomic E-state index is 0.119. The first-order chi connectivity index (χ1) is 12.4. The molecule has 3 rings (SSSR count). The van der Waals surface area contributed by atoms with E-state index in [2.05, 4.69) is 4.90 Å². The Balaban J connectivity index is 1.71. The minimum Gasteiger partial charge on any atom is -0.465 e. The highest BCUT2D eigenvalue weighted by molar-refractivity contribution is 6.30. The molecule has 2 fully saturated rings. The molecule has 142 valence electrons. The van der Waals surface area contributed by atoms with E-state index in [1.54, 1.807) is 0 Å². The van der Waals surface area contributed by atoms with Crippen LogP contribution in [0.5, 0.6) is 0 Å². The van der Waals surface area contributed by atoms with Gasteiger partial charge in [-0.25, -0.2) is 4.79 Å². The highest BCUT2D eigenvalue weighted by Crippen LogP contribution is 2.25. The van der Waals surface area contributed by atoms with E-state index in [-0.39, 0.29) is 12.1 Å². The van der Waals surface area contributed by atoms with Crippen molar-refractivity contribution in [3.8, 4) is 0 Å². The summed E-state index contributed by atoms with van der Waals surface area (Å²) in [5.74, 6) is -0.456. The predicted molar refractivity (Wildman–Crippen MR) is 97.2 cm³/mol. The molecule has 3 N–H and O–H groups in total. The lowest BCUT2D eigenvalue weighted by molar-refractivity contribution is -0.142. The van der Waals surface area contributed by atoms with Crippen molar-refractivity contribution in [1.29, 1.82) is 0 Å². The van der Waals surface area contributed by atoms with Gasteiger partial charge < -0.3 is 20.5 Å². The fraction of sp³-hybridized carbons (Fsp3) is 0.556. The average molecular weight is 382 g/mol. The number of hydrogen-bond acceptors (Lipinski definition) is 4. The number of piperidine rings is 1. The third-order valence-electron chi connectivity index (χ3n) is 5.24. The van der Waals surface area contributed by atoms with Crippen LogP contribution in [0.25, 0.3) is 0 Å². The quantitative estimate of drug-likeness (QED) is 0.825. The Bertz CT molecular complexity index is 646. The number of morpholine rings is 1. The summed E-state index contributed by atoms with van der Waals surface area (Å²) in [6, 6.07) is 8.05. The van der Waals surface area contributed by atoms with Crippen LogP contribution < -0.4 is 5.73 Å². The van der Waals surface area contributed by atoms with Crippen LogP contribution in [0.1, 0.15) is 18.4 Å². The maximum Gasteiger partial charge on any atom is 0.407 e. The SMILES string of the molecule is NC(=O)[C@@H]1CN(C2CCN(C(=O)O)CC2)[C@@H](Cc2ccc(Cl)cc2)CO1. The van der Waals surface area contributed by atoms with Crippen LogP contribution in [0.15, 0.2) is 24.3 Å². The van der Waals surface area contributed by atoms with Gasteiger partial charge in [0.05, 0.1) is 6.61 Å². The summed E-state index contributed by atoms with van der Waals surface area (Å²) in [5.41, 5.74) is 6.59. The van der Waals surface area contributed by atoms with E-state index in [4.69, 9.17) is 27.2 Å². The van der Waals surface area contributed by atoms with Crippen molar-refractivity contribution in [2.45, 2.75) is 37.5 Å². The largest absolute Gasteiger partial charge is 0.465 e. The van der Waals surface area contributed by atoms with Gasteiger partial charge in [-0.3, -0.25) is 9.69 Å². The third-order valence-corrected chi connectivity index (χ3v) is 5.49. The summed E-state index contributed by atoms with van der Waals surface area (Å²) in [5, 5.41) is 9.83. The molecule has 0 unspecified atom stereocenters. The number of nitrogens with zero attached hydrogens (tertiary/aromatic N) is 2. The van der Waals surface area contributed by atoms with Crippen LogP contribution in [-0.2, 0) is 16.0 Å². The fourth-order valence-corrected chi connectivity index (χ4v) is 3.92. The molecular formula is C18H24ClN3O4. The zero-order valence-corrected chi connectivity index (χ0v) is 15.3. The highest BCUT2D eigenvalue weighted by Gasteiger charge is 2.37. The molecule has 2 atom stereocenters. The summed E-state index contributed by atoms with van der Waals surface area (Å²) in [7, 11) is 0. The van der Waals surface area contributed by atoms with E-state index in [1.165, 1.54) is 4.90 Å². The number of carboxylic acid groups (broad SMARTS) is 1. The van der Waals surface area contributed by atoms with Crippen molar-refractivity contribution >= 4 is 23.6 Å². The molecule has 8 heteroatoms. The minimum atomic E-state index is -0.877. The molecule has 0 saturated carbocycles. The van der Waals surface area contributed by atoms with Gasteiger partial charge in [0.15, 0.2) is 0 Å². The van der Waals surface area contributed by atoms with Crippen LogP contribution in [0, 0.1) is 0 Å². The van der Waals surface area contributed by atoms with Crippen molar-refractivity contribution in [2.75, 3.05) is 26.2 Å². The predicted octanol–water partition coefficient (Wildman–Crippen LogP) is 1.58. The van der Waals surface area contributed by atoms with Crippen LogP contribution in [0.3, 0.4) is 0 Å². The van der Waals surface area contributed by atoms with Crippen LogP contribution >= 0.6 is 11.6 Å². The van der Waals surface area contributed by atoms with Gasteiger partial charge in [0.2, 0.25) is 5.91 Å². The van der Waals surface area contributed by atoms with Gasteiger partial charge in [0.25, 0.3) is 0 Å².